The zero-order valence-corrected chi connectivity index (χ0v) is 10.9. The molecule has 2 N–H and O–H groups in total. The first-order valence-electron chi connectivity index (χ1n) is 5.85. The van der Waals surface area contributed by atoms with E-state index in [-0.39, 0.29) is 5.54 Å². The minimum atomic E-state index is 0.0316. The van der Waals surface area contributed by atoms with Crippen molar-refractivity contribution in [1.29, 1.82) is 0 Å². The van der Waals surface area contributed by atoms with E-state index < -0.39 is 0 Å². The van der Waals surface area contributed by atoms with Crippen LogP contribution in [0.3, 0.4) is 0 Å². The topological polar surface area (TPSA) is 39.7 Å². The molecule has 1 fully saturated rings. The van der Waals surface area contributed by atoms with Crippen molar-refractivity contribution in [1.82, 2.24) is 15.6 Å². The first-order chi connectivity index (χ1) is 7.43. The molecule has 92 valence electrons. The smallest absolute Gasteiger partial charge is 0.145 e. The third-order valence-electron chi connectivity index (χ3n) is 2.83. The average Bonchev–Trinajstić information content (AvgIpc) is 2.67. The largest absolute Gasteiger partial charge is 0.365 e. The normalized spacial score (nSPS) is 22.0. The molecule has 0 aromatic rings. The van der Waals surface area contributed by atoms with Crippen LogP contribution in [0.5, 0.6) is 0 Å². The van der Waals surface area contributed by atoms with Gasteiger partial charge in [-0.1, -0.05) is 6.58 Å². The van der Waals surface area contributed by atoms with Gasteiger partial charge in [0.1, 0.15) is 5.84 Å². The molecule has 16 heavy (non-hydrogen) atoms. The highest BCUT2D eigenvalue weighted by molar-refractivity contribution is 5.92. The molecule has 1 aliphatic heterocycles. The Balaban J connectivity index is 2.58. The van der Waals surface area contributed by atoms with Crippen LogP contribution < -0.4 is 10.6 Å². The lowest BCUT2D eigenvalue weighted by atomic mass is 10.1. The molecule has 0 saturated carbocycles. The molecule has 0 radical (unpaired) electrons. The summed E-state index contributed by atoms with van der Waals surface area (Å²) in [6.45, 7) is 12.3. The molecule has 4 heteroatoms. The standard InChI is InChI=1S/C12H24N4/c1-6-11(14-10-7-8-13-9-10)15-16(5)12(2,3)4/h6,10,13H,1,7-9H2,2-5H3,(H,14,15). The van der Waals surface area contributed by atoms with E-state index in [2.05, 4.69) is 43.1 Å². The van der Waals surface area contributed by atoms with Crippen LogP contribution in [0, 0.1) is 0 Å². The Hall–Kier alpha value is -1.03. The second-order valence-corrected chi connectivity index (χ2v) is 5.22. The summed E-state index contributed by atoms with van der Waals surface area (Å²) < 4.78 is 0. The maximum Gasteiger partial charge on any atom is 0.145 e. The molecule has 1 atom stereocenters. The zero-order chi connectivity index (χ0) is 12.2. The fourth-order valence-electron chi connectivity index (χ4n) is 1.43. The van der Waals surface area contributed by atoms with Crippen molar-refractivity contribution < 1.29 is 0 Å². The second kappa shape index (κ2) is 5.34. The number of rotatable bonds is 3. The van der Waals surface area contributed by atoms with Crippen molar-refractivity contribution in [2.45, 2.75) is 38.8 Å². The molecule has 0 amide bonds. The summed E-state index contributed by atoms with van der Waals surface area (Å²) in [5, 5.41) is 13.2. The molecular formula is C12H24N4. The molecule has 1 aliphatic rings. The van der Waals surface area contributed by atoms with E-state index >= 15 is 0 Å². The Morgan fingerprint density at radius 1 is 1.56 bits per heavy atom. The van der Waals surface area contributed by atoms with Crippen molar-refractivity contribution in [3.05, 3.63) is 12.7 Å². The quantitative estimate of drug-likeness (QED) is 0.429. The fourth-order valence-corrected chi connectivity index (χ4v) is 1.43. The van der Waals surface area contributed by atoms with E-state index in [9.17, 15) is 0 Å². The zero-order valence-electron chi connectivity index (χ0n) is 10.9. The summed E-state index contributed by atoms with van der Waals surface area (Å²) in [6.07, 6.45) is 2.92. The van der Waals surface area contributed by atoms with E-state index in [1.165, 1.54) is 0 Å². The van der Waals surface area contributed by atoms with Gasteiger partial charge in [-0.05, 0) is 39.8 Å². The van der Waals surface area contributed by atoms with Gasteiger partial charge in [0.25, 0.3) is 0 Å². The first-order valence-corrected chi connectivity index (χ1v) is 5.85. The summed E-state index contributed by atoms with van der Waals surface area (Å²) in [5.74, 6) is 0.853. The molecule has 1 unspecified atom stereocenters. The second-order valence-electron chi connectivity index (χ2n) is 5.22. The van der Waals surface area contributed by atoms with Crippen molar-refractivity contribution in [3.63, 3.8) is 0 Å². The Kier molecular flexibility index (Phi) is 4.35. The van der Waals surface area contributed by atoms with Crippen LogP contribution >= 0.6 is 0 Å². The van der Waals surface area contributed by atoms with Crippen LogP contribution in [-0.2, 0) is 0 Å². The number of amidine groups is 1. The number of nitrogens with one attached hydrogen (secondary N) is 2. The van der Waals surface area contributed by atoms with Gasteiger partial charge in [0.2, 0.25) is 0 Å². The molecule has 0 bridgehead atoms. The highest BCUT2D eigenvalue weighted by Crippen LogP contribution is 2.10. The lowest BCUT2D eigenvalue weighted by Gasteiger charge is -2.30. The molecule has 0 aromatic heterocycles. The minimum absolute atomic E-state index is 0.0316. The molecular weight excluding hydrogens is 200 g/mol. The van der Waals surface area contributed by atoms with Crippen molar-refractivity contribution in [2.75, 3.05) is 20.1 Å². The van der Waals surface area contributed by atoms with Crippen LogP contribution in [0.1, 0.15) is 27.2 Å². The minimum Gasteiger partial charge on any atom is -0.365 e. The van der Waals surface area contributed by atoms with Crippen LogP contribution in [0.15, 0.2) is 17.8 Å². The lowest BCUT2D eigenvalue weighted by Crippen LogP contribution is -2.40. The van der Waals surface area contributed by atoms with Gasteiger partial charge in [0.15, 0.2) is 0 Å². The van der Waals surface area contributed by atoms with Gasteiger partial charge in [-0.25, -0.2) is 0 Å². The summed E-state index contributed by atoms with van der Waals surface area (Å²) in [7, 11) is 1.98. The number of hydrogen-bond acceptors (Lipinski definition) is 3. The van der Waals surface area contributed by atoms with Crippen LogP contribution in [0.25, 0.3) is 0 Å². The third-order valence-corrected chi connectivity index (χ3v) is 2.83. The summed E-state index contributed by atoms with van der Waals surface area (Å²) >= 11 is 0. The Morgan fingerprint density at radius 2 is 2.25 bits per heavy atom. The average molecular weight is 224 g/mol. The monoisotopic (exact) mass is 224 g/mol. The van der Waals surface area contributed by atoms with Crippen LogP contribution in [-0.4, -0.2) is 42.6 Å². The van der Waals surface area contributed by atoms with Gasteiger partial charge < -0.3 is 10.6 Å². The molecule has 1 saturated heterocycles. The maximum absolute atomic E-state index is 4.52. The number of hydrogen-bond donors (Lipinski definition) is 2. The van der Waals surface area contributed by atoms with Crippen molar-refractivity contribution in [2.24, 2.45) is 5.10 Å². The van der Waals surface area contributed by atoms with E-state index in [1.54, 1.807) is 6.08 Å². The molecule has 1 rings (SSSR count). The van der Waals surface area contributed by atoms with Crippen LogP contribution in [0.2, 0.25) is 0 Å². The lowest BCUT2D eigenvalue weighted by molar-refractivity contribution is 0.183. The van der Waals surface area contributed by atoms with E-state index in [1.807, 2.05) is 12.1 Å². The van der Waals surface area contributed by atoms with Gasteiger partial charge >= 0.3 is 0 Å². The predicted molar refractivity (Wildman–Crippen MR) is 69.6 cm³/mol. The van der Waals surface area contributed by atoms with Crippen LogP contribution in [0.4, 0.5) is 0 Å². The van der Waals surface area contributed by atoms with Gasteiger partial charge in [0, 0.05) is 25.2 Å². The van der Waals surface area contributed by atoms with Crippen molar-refractivity contribution >= 4 is 5.84 Å². The molecule has 4 nitrogen and oxygen atoms in total. The maximum atomic E-state index is 4.52. The van der Waals surface area contributed by atoms with Gasteiger partial charge in [-0.15, -0.1) is 0 Å². The highest BCUT2D eigenvalue weighted by Gasteiger charge is 2.18. The first kappa shape index (κ1) is 13.0. The molecule has 0 aromatic carbocycles. The number of hydrazone groups is 1. The third kappa shape index (κ3) is 3.85. The van der Waals surface area contributed by atoms with Crippen molar-refractivity contribution in [3.8, 4) is 0 Å². The summed E-state index contributed by atoms with van der Waals surface area (Å²) in [6, 6.07) is 0.477. The highest BCUT2D eigenvalue weighted by atomic mass is 15.5. The summed E-state index contributed by atoms with van der Waals surface area (Å²) in [4.78, 5) is 0. The van der Waals surface area contributed by atoms with Gasteiger partial charge in [-0.2, -0.15) is 5.10 Å². The molecule has 0 spiro atoms. The Labute approximate surface area is 98.8 Å². The summed E-state index contributed by atoms with van der Waals surface area (Å²) in [5.41, 5.74) is 0.0316. The Morgan fingerprint density at radius 3 is 2.69 bits per heavy atom. The van der Waals surface area contributed by atoms with Gasteiger partial charge in [-0.3, -0.25) is 5.01 Å². The number of nitrogens with zero attached hydrogens (tertiary/aromatic N) is 2. The molecule has 1 heterocycles. The van der Waals surface area contributed by atoms with E-state index in [4.69, 9.17) is 0 Å². The Bertz CT molecular complexity index is 259. The SMILES string of the molecule is C=C/C(=N\N(C)C(C)(C)C)NC1CCNC1. The van der Waals surface area contributed by atoms with E-state index in [0.717, 1.165) is 25.3 Å². The fraction of sp³-hybridized carbons (Fsp3) is 0.750. The van der Waals surface area contributed by atoms with Gasteiger partial charge in [0.05, 0.1) is 0 Å². The molecule has 0 aliphatic carbocycles. The predicted octanol–water partition coefficient (Wildman–Crippen LogP) is 1.17. The van der Waals surface area contributed by atoms with E-state index in [0.29, 0.717) is 6.04 Å².